The van der Waals surface area contributed by atoms with Crippen molar-refractivity contribution in [2.45, 2.75) is 51.6 Å². The topological polar surface area (TPSA) is 108 Å². The van der Waals surface area contributed by atoms with Crippen molar-refractivity contribution in [1.82, 2.24) is 20.3 Å². The van der Waals surface area contributed by atoms with Crippen LogP contribution in [-0.2, 0) is 13.1 Å². The molecule has 4 aliphatic carbocycles. The van der Waals surface area contributed by atoms with E-state index >= 15 is 0 Å². The Morgan fingerprint density at radius 3 is 2.50 bits per heavy atom. The van der Waals surface area contributed by atoms with Gasteiger partial charge in [0.05, 0.1) is 6.20 Å². The summed E-state index contributed by atoms with van der Waals surface area (Å²) in [6.07, 6.45) is 6.44. The smallest absolute Gasteiger partial charge is 0.405 e. The van der Waals surface area contributed by atoms with Gasteiger partial charge >= 0.3 is 6.36 Å². The number of nitriles is 1. The molecule has 3 aromatic rings. The summed E-state index contributed by atoms with van der Waals surface area (Å²) < 4.78 is 42.6. The van der Waals surface area contributed by atoms with E-state index < -0.39 is 6.36 Å². The minimum Gasteiger partial charge on any atom is -0.405 e. The quantitative estimate of drug-likeness (QED) is 0.259. The first-order valence-electron chi connectivity index (χ1n) is 14.5. The van der Waals surface area contributed by atoms with Gasteiger partial charge in [0.2, 0.25) is 5.95 Å². The lowest BCUT2D eigenvalue weighted by Gasteiger charge is -2.60. The van der Waals surface area contributed by atoms with Crippen molar-refractivity contribution >= 4 is 11.8 Å². The van der Waals surface area contributed by atoms with Gasteiger partial charge in [0.25, 0.3) is 0 Å². The summed E-state index contributed by atoms with van der Waals surface area (Å²) in [6, 6.07) is 12.2. The number of hydrogen-bond acceptors (Lipinski definition) is 8. The Bertz CT molecular complexity index is 1410. The van der Waals surface area contributed by atoms with Crippen LogP contribution in [0.1, 0.15) is 48.8 Å². The predicted octanol–water partition coefficient (Wildman–Crippen LogP) is 5.90. The number of anilines is 2. The molecule has 3 N–H and O–H groups in total. The van der Waals surface area contributed by atoms with Crippen molar-refractivity contribution in [3.05, 3.63) is 71.7 Å². The molecule has 1 aromatic carbocycles. The first-order valence-corrected chi connectivity index (χ1v) is 14.5. The van der Waals surface area contributed by atoms with Crippen molar-refractivity contribution in [2.24, 2.45) is 29.1 Å². The van der Waals surface area contributed by atoms with Crippen molar-refractivity contribution in [2.75, 3.05) is 23.7 Å². The molecule has 4 saturated carbocycles. The summed E-state index contributed by atoms with van der Waals surface area (Å²) >= 11 is 0. The Labute approximate surface area is 243 Å². The Balaban J connectivity index is 1.08. The standard InChI is InChI=1S/C31H34F3N7O/c32-31(33,34)42-27-4-2-1-3-22(27)16-38-29-39-17-25(14-35)28(41-29)40-19-30-11-21-9-23(12-30)26(24(10-21)13-30)18-37-15-20-5-7-36-8-6-20/h1-8,17,21,23-24,26,37H,9-13,15-16,18-19H2,(H2,38,39,40,41)/t21?,23-,24+,26?,30?. The maximum Gasteiger partial charge on any atom is 0.573 e. The summed E-state index contributed by atoms with van der Waals surface area (Å²) in [5.41, 5.74) is 2.08. The number of nitrogens with zero attached hydrogens (tertiary/aromatic N) is 4. The highest BCUT2D eigenvalue weighted by molar-refractivity contribution is 5.53. The number of pyridine rings is 1. The summed E-state index contributed by atoms with van der Waals surface area (Å²) in [5, 5.41) is 19.8. The Morgan fingerprint density at radius 2 is 1.76 bits per heavy atom. The van der Waals surface area contributed by atoms with Gasteiger partial charge in [-0.1, -0.05) is 18.2 Å². The molecular weight excluding hydrogens is 543 g/mol. The number of ether oxygens (including phenoxy) is 1. The zero-order valence-electron chi connectivity index (χ0n) is 23.2. The fourth-order valence-electron chi connectivity index (χ4n) is 7.73. The maximum atomic E-state index is 12.8. The third kappa shape index (κ3) is 6.44. The van der Waals surface area contributed by atoms with Crippen LogP contribution in [0.3, 0.4) is 0 Å². The van der Waals surface area contributed by atoms with Crippen LogP contribution in [0.5, 0.6) is 5.75 Å². The Hall–Kier alpha value is -3.91. The SMILES string of the molecule is N#Cc1cnc(NCc2ccccc2OC(F)(F)F)nc1NCC12CC3C[C@H](C1)C(CNCc1ccncc1)[C@@H](C3)C2. The van der Waals surface area contributed by atoms with Crippen LogP contribution in [0, 0.1) is 40.4 Å². The number of alkyl halides is 3. The molecule has 2 aromatic heterocycles. The minimum atomic E-state index is -4.79. The second-order valence-electron chi connectivity index (χ2n) is 12.1. The molecule has 220 valence electrons. The second kappa shape index (κ2) is 11.8. The molecule has 3 unspecified atom stereocenters. The predicted molar refractivity (Wildman–Crippen MR) is 151 cm³/mol. The van der Waals surface area contributed by atoms with Crippen molar-refractivity contribution in [1.29, 1.82) is 5.26 Å². The Morgan fingerprint density at radius 1 is 1.00 bits per heavy atom. The third-order valence-electron chi connectivity index (χ3n) is 9.23. The van der Waals surface area contributed by atoms with E-state index in [4.69, 9.17) is 0 Å². The average molecular weight is 578 g/mol. The molecule has 0 radical (unpaired) electrons. The Kier molecular flexibility index (Phi) is 7.90. The molecule has 4 aliphatic rings. The van der Waals surface area contributed by atoms with Gasteiger partial charge in [-0.15, -0.1) is 13.2 Å². The summed E-state index contributed by atoms with van der Waals surface area (Å²) in [4.78, 5) is 12.8. The first kappa shape index (κ1) is 28.2. The summed E-state index contributed by atoms with van der Waals surface area (Å²) in [7, 11) is 0. The fourth-order valence-corrected chi connectivity index (χ4v) is 7.73. The number of aromatic nitrogens is 3. The summed E-state index contributed by atoms with van der Waals surface area (Å²) in [6.45, 7) is 2.66. The van der Waals surface area contributed by atoms with Crippen LogP contribution < -0.4 is 20.7 Å². The molecule has 2 heterocycles. The fraction of sp³-hybridized carbons (Fsp3) is 0.484. The molecule has 0 saturated heterocycles. The van der Waals surface area contributed by atoms with E-state index in [2.05, 4.69) is 53.8 Å². The zero-order valence-corrected chi connectivity index (χ0v) is 23.2. The molecule has 42 heavy (non-hydrogen) atoms. The monoisotopic (exact) mass is 577 g/mol. The van der Waals surface area contributed by atoms with Crippen molar-refractivity contribution in [3.8, 4) is 11.8 Å². The molecular formula is C31H34F3N7O. The van der Waals surface area contributed by atoms with E-state index in [-0.39, 0.29) is 23.7 Å². The molecule has 8 nitrogen and oxygen atoms in total. The minimum absolute atomic E-state index is 0.0309. The largest absolute Gasteiger partial charge is 0.573 e. The van der Waals surface area contributed by atoms with Gasteiger partial charge in [-0.05, 0) is 91.5 Å². The van der Waals surface area contributed by atoms with Gasteiger partial charge in [-0.25, -0.2) is 4.98 Å². The number of halogens is 3. The van der Waals surface area contributed by atoms with Gasteiger partial charge in [0.1, 0.15) is 23.2 Å². The molecule has 0 amide bonds. The second-order valence-corrected chi connectivity index (χ2v) is 12.1. The van der Waals surface area contributed by atoms with E-state index in [1.807, 2.05) is 12.4 Å². The molecule has 0 aliphatic heterocycles. The highest BCUT2D eigenvalue weighted by atomic mass is 19.4. The lowest BCUT2D eigenvalue weighted by Crippen LogP contribution is -2.55. The van der Waals surface area contributed by atoms with Crippen LogP contribution in [0.25, 0.3) is 0 Å². The van der Waals surface area contributed by atoms with Gasteiger partial charge in [0.15, 0.2) is 0 Å². The van der Waals surface area contributed by atoms with Crippen LogP contribution >= 0.6 is 0 Å². The van der Waals surface area contributed by atoms with Crippen molar-refractivity contribution < 1.29 is 17.9 Å². The molecule has 11 heteroatoms. The van der Waals surface area contributed by atoms with Crippen LogP contribution in [0.4, 0.5) is 24.9 Å². The summed E-state index contributed by atoms with van der Waals surface area (Å²) in [5.74, 6) is 3.21. The van der Waals surface area contributed by atoms with Gasteiger partial charge in [-0.2, -0.15) is 10.2 Å². The van der Waals surface area contributed by atoms with Gasteiger partial charge < -0.3 is 20.7 Å². The van der Waals surface area contributed by atoms with Crippen LogP contribution in [0.15, 0.2) is 55.0 Å². The number of para-hydroxylation sites is 1. The highest BCUT2D eigenvalue weighted by Gasteiger charge is 2.54. The van der Waals surface area contributed by atoms with E-state index in [0.29, 0.717) is 34.7 Å². The van der Waals surface area contributed by atoms with E-state index in [1.54, 1.807) is 12.1 Å². The van der Waals surface area contributed by atoms with E-state index in [0.717, 1.165) is 25.6 Å². The zero-order chi connectivity index (χ0) is 29.2. The highest BCUT2D eigenvalue weighted by Crippen LogP contribution is 2.62. The normalized spacial score (nSPS) is 26.0. The van der Waals surface area contributed by atoms with Gasteiger partial charge in [-0.3, -0.25) is 4.98 Å². The van der Waals surface area contributed by atoms with Crippen LogP contribution in [-0.4, -0.2) is 34.4 Å². The van der Waals surface area contributed by atoms with E-state index in [9.17, 15) is 18.4 Å². The molecule has 0 spiro atoms. The number of nitrogens with one attached hydrogen (secondary N) is 3. The average Bonchev–Trinajstić information content (AvgIpc) is 2.96. The molecule has 7 rings (SSSR count). The number of hydrogen-bond donors (Lipinski definition) is 3. The number of rotatable bonds is 11. The maximum absolute atomic E-state index is 12.8. The number of benzene rings is 1. The molecule has 5 atom stereocenters. The molecule has 4 fully saturated rings. The van der Waals surface area contributed by atoms with E-state index in [1.165, 1.54) is 56.0 Å². The first-order chi connectivity index (χ1) is 20.3. The van der Waals surface area contributed by atoms with Crippen molar-refractivity contribution in [3.63, 3.8) is 0 Å². The lowest BCUT2D eigenvalue weighted by molar-refractivity contribution is -0.274. The van der Waals surface area contributed by atoms with Gasteiger partial charge in [0, 0.05) is 37.6 Å². The third-order valence-corrected chi connectivity index (χ3v) is 9.23. The molecule has 4 bridgehead atoms. The van der Waals surface area contributed by atoms with Crippen LogP contribution in [0.2, 0.25) is 0 Å². The lowest BCUT2D eigenvalue weighted by atomic mass is 9.46.